The minimum absolute atomic E-state index is 0.281. The van der Waals surface area contributed by atoms with Crippen LogP contribution in [0, 0.1) is 17.8 Å². The van der Waals surface area contributed by atoms with Crippen LogP contribution < -0.4 is 5.32 Å². The number of nitrogens with one attached hydrogen (secondary N) is 1. The molecule has 2 nitrogen and oxygen atoms in total. The highest BCUT2D eigenvalue weighted by Gasteiger charge is 2.23. The Labute approximate surface area is 137 Å². The number of rotatable bonds is 8. The Hall–Kier alpha value is -0.530. The zero-order valence-electron chi connectivity index (χ0n) is 14.7. The lowest BCUT2D eigenvalue weighted by molar-refractivity contribution is -0.125. The van der Waals surface area contributed by atoms with Gasteiger partial charge in [0.1, 0.15) is 0 Å². The van der Waals surface area contributed by atoms with Gasteiger partial charge in [0, 0.05) is 12.5 Å². The Morgan fingerprint density at radius 3 is 1.73 bits per heavy atom. The highest BCUT2D eigenvalue weighted by atomic mass is 16.1. The molecule has 0 saturated heterocycles. The van der Waals surface area contributed by atoms with E-state index in [0.717, 1.165) is 31.2 Å². The first kappa shape index (κ1) is 17.8. The van der Waals surface area contributed by atoms with Gasteiger partial charge in [0.2, 0.25) is 5.91 Å². The summed E-state index contributed by atoms with van der Waals surface area (Å²) in [5, 5.41) is 3.08. The molecule has 0 heterocycles. The zero-order valence-corrected chi connectivity index (χ0v) is 14.7. The average molecular weight is 308 g/mol. The van der Waals surface area contributed by atoms with Gasteiger partial charge in [0.15, 0.2) is 0 Å². The number of hydrogen-bond acceptors (Lipinski definition) is 1. The summed E-state index contributed by atoms with van der Waals surface area (Å²) in [5.41, 5.74) is 0. The molecule has 1 N–H and O–H groups in total. The quantitative estimate of drug-likeness (QED) is 0.634. The van der Waals surface area contributed by atoms with Crippen molar-refractivity contribution in [3.63, 3.8) is 0 Å². The van der Waals surface area contributed by atoms with Gasteiger partial charge in [0.25, 0.3) is 0 Å². The smallest absolute Gasteiger partial charge is 0.223 e. The van der Waals surface area contributed by atoms with E-state index >= 15 is 0 Å². The molecule has 0 bridgehead atoms. The molecule has 0 aromatic rings. The number of hydrogen-bond donors (Lipinski definition) is 1. The molecule has 2 saturated carbocycles. The molecule has 22 heavy (non-hydrogen) atoms. The van der Waals surface area contributed by atoms with Crippen molar-refractivity contribution in [3.05, 3.63) is 0 Å². The van der Waals surface area contributed by atoms with Crippen molar-refractivity contribution >= 4 is 5.91 Å². The summed E-state index contributed by atoms with van der Waals surface area (Å²) < 4.78 is 0. The van der Waals surface area contributed by atoms with Gasteiger partial charge in [-0.05, 0) is 44.4 Å². The van der Waals surface area contributed by atoms with Gasteiger partial charge in [-0.1, -0.05) is 64.2 Å². The lowest BCUT2D eigenvalue weighted by Gasteiger charge is -2.26. The third-order valence-corrected chi connectivity index (χ3v) is 6.02. The largest absolute Gasteiger partial charge is 0.356 e. The van der Waals surface area contributed by atoms with Gasteiger partial charge in [-0.25, -0.2) is 0 Å². The van der Waals surface area contributed by atoms with E-state index in [1.165, 1.54) is 77.0 Å². The molecule has 0 radical (unpaired) electrons. The summed E-state index contributed by atoms with van der Waals surface area (Å²) in [6, 6.07) is 0. The molecule has 2 aliphatic rings. The van der Waals surface area contributed by atoms with E-state index < -0.39 is 0 Å². The topological polar surface area (TPSA) is 29.1 Å². The fourth-order valence-electron chi connectivity index (χ4n) is 4.55. The van der Waals surface area contributed by atoms with Gasteiger partial charge >= 0.3 is 0 Å². The average Bonchev–Trinajstić information content (AvgIpc) is 2.57. The van der Waals surface area contributed by atoms with Crippen molar-refractivity contribution in [3.8, 4) is 0 Å². The second-order valence-corrected chi connectivity index (χ2v) is 7.75. The van der Waals surface area contributed by atoms with Gasteiger partial charge < -0.3 is 5.32 Å². The summed E-state index contributed by atoms with van der Waals surface area (Å²) in [4.78, 5) is 12.4. The summed E-state index contributed by atoms with van der Waals surface area (Å²) in [5.74, 6) is 2.42. The maximum atomic E-state index is 12.4. The highest BCUT2D eigenvalue weighted by Crippen LogP contribution is 2.32. The molecule has 0 spiro atoms. The fourth-order valence-corrected chi connectivity index (χ4v) is 4.55. The molecule has 2 fully saturated rings. The van der Waals surface area contributed by atoms with Crippen LogP contribution in [-0.4, -0.2) is 12.5 Å². The summed E-state index contributed by atoms with van der Waals surface area (Å²) in [7, 11) is 0. The highest BCUT2D eigenvalue weighted by molar-refractivity contribution is 5.78. The molecule has 128 valence electrons. The third kappa shape index (κ3) is 6.30. The van der Waals surface area contributed by atoms with Crippen LogP contribution >= 0.6 is 0 Å². The van der Waals surface area contributed by atoms with E-state index in [-0.39, 0.29) is 5.92 Å². The van der Waals surface area contributed by atoms with Crippen molar-refractivity contribution < 1.29 is 4.79 Å². The molecule has 0 aromatic carbocycles. The molecule has 2 aliphatic carbocycles. The number of carbonyl (C=O) groups excluding carboxylic acids is 1. The van der Waals surface area contributed by atoms with Crippen LogP contribution in [0.5, 0.6) is 0 Å². The zero-order chi connectivity index (χ0) is 15.6. The van der Waals surface area contributed by atoms with Crippen LogP contribution in [0.15, 0.2) is 0 Å². The van der Waals surface area contributed by atoms with E-state index in [0.29, 0.717) is 5.91 Å². The molecule has 0 unspecified atom stereocenters. The second kappa shape index (κ2) is 10.3. The normalized spacial score (nSPS) is 21.2. The SMILES string of the molecule is CCNC(=O)C(CCC1CCCCC1)CCC1CCCCC1. The number of carbonyl (C=O) groups is 1. The molecule has 0 atom stereocenters. The van der Waals surface area contributed by atoms with Crippen LogP contribution in [0.2, 0.25) is 0 Å². The minimum Gasteiger partial charge on any atom is -0.356 e. The van der Waals surface area contributed by atoms with Gasteiger partial charge in [-0.3, -0.25) is 4.79 Å². The van der Waals surface area contributed by atoms with Crippen molar-refractivity contribution in [1.82, 2.24) is 5.32 Å². The van der Waals surface area contributed by atoms with E-state index in [4.69, 9.17) is 0 Å². The van der Waals surface area contributed by atoms with Crippen LogP contribution in [-0.2, 0) is 4.79 Å². The van der Waals surface area contributed by atoms with Gasteiger partial charge in [-0.2, -0.15) is 0 Å². The van der Waals surface area contributed by atoms with Crippen LogP contribution in [0.1, 0.15) is 96.8 Å². The summed E-state index contributed by atoms with van der Waals surface area (Å²) in [6.45, 7) is 2.82. The molecule has 2 heteroatoms. The maximum Gasteiger partial charge on any atom is 0.223 e. The van der Waals surface area contributed by atoms with Crippen molar-refractivity contribution in [2.75, 3.05) is 6.54 Å². The Kier molecular flexibility index (Phi) is 8.33. The predicted molar refractivity (Wildman–Crippen MR) is 93.8 cm³/mol. The first-order chi connectivity index (χ1) is 10.8. The maximum absolute atomic E-state index is 12.4. The molecular formula is C20H37NO. The van der Waals surface area contributed by atoms with E-state index in [9.17, 15) is 4.79 Å². The first-order valence-corrected chi connectivity index (χ1v) is 10.1. The Morgan fingerprint density at radius 1 is 0.864 bits per heavy atom. The van der Waals surface area contributed by atoms with Gasteiger partial charge in [0.05, 0.1) is 0 Å². The van der Waals surface area contributed by atoms with Crippen molar-refractivity contribution in [2.24, 2.45) is 17.8 Å². The predicted octanol–water partition coefficient (Wildman–Crippen LogP) is 5.46. The van der Waals surface area contributed by atoms with Crippen molar-refractivity contribution in [1.29, 1.82) is 0 Å². The molecule has 2 rings (SSSR count). The molecule has 1 amide bonds. The van der Waals surface area contributed by atoms with Crippen LogP contribution in [0.4, 0.5) is 0 Å². The van der Waals surface area contributed by atoms with Gasteiger partial charge in [-0.15, -0.1) is 0 Å². The van der Waals surface area contributed by atoms with E-state index in [1.54, 1.807) is 0 Å². The van der Waals surface area contributed by atoms with Crippen LogP contribution in [0.3, 0.4) is 0 Å². The van der Waals surface area contributed by atoms with E-state index in [1.807, 2.05) is 6.92 Å². The summed E-state index contributed by atoms with van der Waals surface area (Å²) in [6.07, 6.45) is 19.0. The van der Waals surface area contributed by atoms with Crippen LogP contribution in [0.25, 0.3) is 0 Å². The first-order valence-electron chi connectivity index (χ1n) is 10.1. The van der Waals surface area contributed by atoms with Crippen molar-refractivity contribution in [2.45, 2.75) is 96.8 Å². The van der Waals surface area contributed by atoms with E-state index in [2.05, 4.69) is 5.32 Å². The summed E-state index contributed by atoms with van der Waals surface area (Å²) >= 11 is 0. The minimum atomic E-state index is 0.281. The Morgan fingerprint density at radius 2 is 1.32 bits per heavy atom. The number of amides is 1. The molecule has 0 aliphatic heterocycles. The standard InChI is InChI=1S/C20H37NO/c1-2-21-20(22)19(15-13-17-9-5-3-6-10-17)16-14-18-11-7-4-8-12-18/h17-19H,2-16H2,1H3,(H,21,22). The third-order valence-electron chi connectivity index (χ3n) is 6.02. The monoisotopic (exact) mass is 307 g/mol. The lowest BCUT2D eigenvalue weighted by atomic mass is 9.80. The second-order valence-electron chi connectivity index (χ2n) is 7.75. The Balaban J connectivity index is 1.75. The molecule has 0 aromatic heterocycles. The fraction of sp³-hybridized carbons (Fsp3) is 0.950. The lowest BCUT2D eigenvalue weighted by Crippen LogP contribution is -2.31. The molecular weight excluding hydrogens is 270 g/mol. The Bertz CT molecular complexity index is 281.